The van der Waals surface area contributed by atoms with Gasteiger partial charge in [-0.25, -0.2) is 4.98 Å². The van der Waals surface area contributed by atoms with Crippen molar-refractivity contribution in [3.63, 3.8) is 0 Å². The molecule has 21 heavy (non-hydrogen) atoms. The third-order valence-corrected chi connectivity index (χ3v) is 4.11. The molecule has 0 aliphatic heterocycles. The van der Waals surface area contributed by atoms with Crippen LogP contribution in [0.15, 0.2) is 40.9 Å². The van der Waals surface area contributed by atoms with Crippen LogP contribution in [0.5, 0.6) is 5.75 Å². The molecule has 3 aromatic rings. The molecule has 0 amide bonds. The molecule has 0 radical (unpaired) electrons. The minimum absolute atomic E-state index is 0.337. The van der Waals surface area contributed by atoms with Crippen LogP contribution in [-0.2, 0) is 5.88 Å². The van der Waals surface area contributed by atoms with Gasteiger partial charge in [-0.05, 0) is 42.8 Å². The molecule has 0 fully saturated rings. The maximum absolute atomic E-state index is 6.09. The first-order valence-corrected chi connectivity index (χ1v) is 7.84. The van der Waals surface area contributed by atoms with Gasteiger partial charge in [0.1, 0.15) is 11.6 Å². The second-order valence-electron chi connectivity index (χ2n) is 4.81. The van der Waals surface area contributed by atoms with E-state index >= 15 is 0 Å². The van der Waals surface area contributed by atoms with Gasteiger partial charge >= 0.3 is 0 Å². The number of hydrogen-bond acceptors (Lipinski definition) is 2. The molecule has 0 aliphatic rings. The zero-order valence-corrected chi connectivity index (χ0v) is 14.1. The van der Waals surface area contributed by atoms with Crippen LogP contribution in [0.4, 0.5) is 0 Å². The number of fused-ring (bicyclic) bond motifs is 1. The quantitative estimate of drug-likeness (QED) is 0.621. The van der Waals surface area contributed by atoms with Gasteiger partial charge in [0.2, 0.25) is 0 Å². The van der Waals surface area contributed by atoms with Gasteiger partial charge in [-0.15, -0.1) is 11.6 Å². The number of imidazole rings is 1. The van der Waals surface area contributed by atoms with Crippen LogP contribution >= 0.6 is 27.5 Å². The third-order valence-electron chi connectivity index (χ3n) is 3.38. The van der Waals surface area contributed by atoms with E-state index in [1.54, 1.807) is 7.11 Å². The lowest BCUT2D eigenvalue weighted by Gasteiger charge is -2.13. The van der Waals surface area contributed by atoms with Crippen molar-refractivity contribution in [3.05, 3.63) is 52.3 Å². The Morgan fingerprint density at radius 3 is 2.76 bits per heavy atom. The Hall–Kier alpha value is -1.52. The second-order valence-corrected chi connectivity index (χ2v) is 5.99. The number of aromatic nitrogens is 2. The van der Waals surface area contributed by atoms with Gasteiger partial charge in [0.05, 0.1) is 29.7 Å². The molecule has 0 spiro atoms. The highest BCUT2D eigenvalue weighted by Gasteiger charge is 2.15. The zero-order valence-electron chi connectivity index (χ0n) is 11.7. The summed E-state index contributed by atoms with van der Waals surface area (Å²) >= 11 is 9.57. The molecule has 5 heteroatoms. The number of methoxy groups -OCH3 is 1. The number of aryl methyl sites for hydroxylation is 1. The molecule has 0 unspecified atom stereocenters. The van der Waals surface area contributed by atoms with E-state index in [2.05, 4.69) is 38.5 Å². The molecule has 0 saturated heterocycles. The number of alkyl halides is 1. The van der Waals surface area contributed by atoms with Crippen molar-refractivity contribution in [1.82, 2.24) is 9.55 Å². The van der Waals surface area contributed by atoms with Crippen molar-refractivity contribution in [2.45, 2.75) is 12.8 Å². The smallest absolute Gasteiger partial charge is 0.142 e. The van der Waals surface area contributed by atoms with E-state index in [9.17, 15) is 0 Å². The van der Waals surface area contributed by atoms with Gasteiger partial charge in [-0.1, -0.05) is 22.0 Å². The van der Waals surface area contributed by atoms with E-state index < -0.39 is 0 Å². The van der Waals surface area contributed by atoms with E-state index in [1.807, 2.05) is 30.3 Å². The Morgan fingerprint density at radius 2 is 2.05 bits per heavy atom. The summed E-state index contributed by atoms with van der Waals surface area (Å²) in [5.41, 5.74) is 4.03. The van der Waals surface area contributed by atoms with Gasteiger partial charge in [-0.3, -0.25) is 4.57 Å². The zero-order chi connectivity index (χ0) is 15.0. The third kappa shape index (κ3) is 2.54. The summed E-state index contributed by atoms with van der Waals surface area (Å²) in [4.78, 5) is 4.62. The minimum Gasteiger partial charge on any atom is -0.495 e. The van der Waals surface area contributed by atoms with E-state index in [4.69, 9.17) is 16.3 Å². The molecule has 108 valence electrons. The maximum atomic E-state index is 6.09. The molecule has 0 atom stereocenters. The Bertz CT molecular complexity index is 813. The van der Waals surface area contributed by atoms with E-state index in [0.29, 0.717) is 5.88 Å². The van der Waals surface area contributed by atoms with Crippen LogP contribution in [0.25, 0.3) is 16.7 Å². The summed E-state index contributed by atoms with van der Waals surface area (Å²) in [6.45, 7) is 2.05. The minimum atomic E-state index is 0.337. The van der Waals surface area contributed by atoms with Crippen molar-refractivity contribution in [1.29, 1.82) is 0 Å². The average molecular weight is 366 g/mol. The molecule has 0 bridgehead atoms. The van der Waals surface area contributed by atoms with Gasteiger partial charge in [0, 0.05) is 4.47 Å². The van der Waals surface area contributed by atoms with Gasteiger partial charge in [-0.2, -0.15) is 0 Å². The van der Waals surface area contributed by atoms with Gasteiger partial charge < -0.3 is 4.74 Å². The second kappa shape index (κ2) is 5.70. The number of nitrogens with zero attached hydrogens (tertiary/aromatic N) is 2. The van der Waals surface area contributed by atoms with Crippen LogP contribution in [0, 0.1) is 6.92 Å². The Morgan fingerprint density at radius 1 is 1.24 bits per heavy atom. The fourth-order valence-electron chi connectivity index (χ4n) is 2.44. The number of hydrogen-bond donors (Lipinski definition) is 0. The monoisotopic (exact) mass is 364 g/mol. The van der Waals surface area contributed by atoms with E-state index in [-0.39, 0.29) is 0 Å². The predicted octanol–water partition coefficient (Wildman–Crippen LogP) is 4.84. The normalized spacial score (nSPS) is 11.0. The molecule has 0 aliphatic carbocycles. The van der Waals surface area contributed by atoms with E-state index in [1.165, 1.54) is 0 Å². The van der Waals surface area contributed by atoms with Crippen LogP contribution in [0.2, 0.25) is 0 Å². The van der Waals surface area contributed by atoms with Crippen LogP contribution in [-0.4, -0.2) is 16.7 Å². The molecule has 3 nitrogen and oxygen atoms in total. The summed E-state index contributed by atoms with van der Waals surface area (Å²) in [6, 6.07) is 12.1. The van der Waals surface area contributed by atoms with Gasteiger partial charge in [0.25, 0.3) is 0 Å². The fourth-order valence-corrected chi connectivity index (χ4v) is 2.96. The first-order valence-electron chi connectivity index (χ1n) is 6.52. The van der Waals surface area contributed by atoms with E-state index in [0.717, 1.165) is 38.3 Å². The molecule has 0 N–H and O–H groups in total. The fraction of sp³-hybridized carbons (Fsp3) is 0.188. The van der Waals surface area contributed by atoms with Crippen LogP contribution < -0.4 is 4.74 Å². The summed E-state index contributed by atoms with van der Waals surface area (Å²) in [6.07, 6.45) is 0. The van der Waals surface area contributed by atoms with Crippen molar-refractivity contribution >= 4 is 38.6 Å². The molecular weight excluding hydrogens is 352 g/mol. The number of ether oxygens (including phenoxy) is 1. The highest BCUT2D eigenvalue weighted by molar-refractivity contribution is 9.10. The first-order chi connectivity index (χ1) is 10.1. The Labute approximate surface area is 136 Å². The largest absolute Gasteiger partial charge is 0.495 e. The van der Waals surface area contributed by atoms with Crippen LogP contribution in [0.1, 0.15) is 11.4 Å². The van der Waals surface area contributed by atoms with Crippen LogP contribution in [0.3, 0.4) is 0 Å². The molecule has 3 rings (SSSR count). The standard InChI is InChI=1S/C16H14BrClN2O/c1-10-3-6-15(21-2)14(7-10)20-13-5-4-11(17)8-12(13)19-16(20)9-18/h3-8H,9H2,1-2H3. The molecular formula is C16H14BrClN2O. The van der Waals surface area contributed by atoms with Crippen molar-refractivity contribution < 1.29 is 4.74 Å². The Balaban J connectivity index is 2.36. The number of benzene rings is 2. The predicted molar refractivity (Wildman–Crippen MR) is 89.6 cm³/mol. The lowest BCUT2D eigenvalue weighted by atomic mass is 10.2. The lowest BCUT2D eigenvalue weighted by molar-refractivity contribution is 0.413. The molecule has 1 heterocycles. The summed E-state index contributed by atoms with van der Waals surface area (Å²) in [7, 11) is 1.67. The first kappa shape index (κ1) is 14.4. The highest BCUT2D eigenvalue weighted by atomic mass is 79.9. The number of rotatable bonds is 3. The summed E-state index contributed by atoms with van der Waals surface area (Å²) in [5.74, 6) is 1.94. The van der Waals surface area contributed by atoms with Crippen molar-refractivity contribution in [3.8, 4) is 11.4 Å². The molecule has 0 saturated carbocycles. The summed E-state index contributed by atoms with van der Waals surface area (Å²) in [5, 5.41) is 0. The summed E-state index contributed by atoms with van der Waals surface area (Å²) < 4.78 is 8.55. The lowest BCUT2D eigenvalue weighted by Crippen LogP contribution is -2.02. The number of halogens is 2. The van der Waals surface area contributed by atoms with Crippen molar-refractivity contribution in [2.24, 2.45) is 0 Å². The highest BCUT2D eigenvalue weighted by Crippen LogP contribution is 2.31. The van der Waals surface area contributed by atoms with Crippen molar-refractivity contribution in [2.75, 3.05) is 7.11 Å². The topological polar surface area (TPSA) is 27.1 Å². The molecule has 1 aromatic heterocycles. The maximum Gasteiger partial charge on any atom is 0.142 e. The molecule has 2 aromatic carbocycles. The van der Waals surface area contributed by atoms with Gasteiger partial charge in [0.15, 0.2) is 0 Å². The average Bonchev–Trinajstić information content (AvgIpc) is 2.84. The SMILES string of the molecule is COc1ccc(C)cc1-n1c(CCl)nc2cc(Br)ccc21. The Kier molecular flexibility index (Phi) is 3.91.